The number of carbonyl (C=O) groups is 1. The number of anilines is 1. The topological polar surface area (TPSA) is 42.0 Å². The zero-order valence-electron chi connectivity index (χ0n) is 15.7. The van der Waals surface area contributed by atoms with Gasteiger partial charge in [-0.15, -0.1) is 0 Å². The summed E-state index contributed by atoms with van der Waals surface area (Å²) in [6.07, 6.45) is -0.566. The number of morpholine rings is 1. The molecular weight excluding hydrogens is 364 g/mol. The standard InChI is InChI=1S/C21H25ClN2O3/c1-16(27-20-9-5-18(22)6-10-20)21(25)23(2)15-17-3-7-19(8-4-17)24-11-13-26-14-12-24/h3-10,16H,11-15H2,1-2H3/t16-/m1/s1. The Labute approximate surface area is 165 Å². The molecule has 1 saturated heterocycles. The fourth-order valence-corrected chi connectivity index (χ4v) is 3.19. The number of hydrogen-bond acceptors (Lipinski definition) is 4. The van der Waals surface area contributed by atoms with Crippen LogP contribution in [0.15, 0.2) is 48.5 Å². The van der Waals surface area contributed by atoms with Gasteiger partial charge in [-0.25, -0.2) is 0 Å². The number of amides is 1. The Morgan fingerprint density at radius 2 is 1.78 bits per heavy atom. The summed E-state index contributed by atoms with van der Waals surface area (Å²) >= 11 is 5.87. The third-order valence-corrected chi connectivity index (χ3v) is 4.83. The van der Waals surface area contributed by atoms with Crippen LogP contribution in [0.1, 0.15) is 12.5 Å². The number of nitrogens with zero attached hydrogens (tertiary/aromatic N) is 2. The van der Waals surface area contributed by atoms with E-state index in [0.717, 1.165) is 31.9 Å². The molecule has 3 rings (SSSR count). The number of rotatable bonds is 6. The van der Waals surface area contributed by atoms with Gasteiger partial charge in [0.25, 0.3) is 5.91 Å². The van der Waals surface area contributed by atoms with E-state index in [4.69, 9.17) is 21.1 Å². The number of hydrogen-bond donors (Lipinski definition) is 0. The van der Waals surface area contributed by atoms with Gasteiger partial charge in [0.05, 0.1) is 13.2 Å². The Morgan fingerprint density at radius 1 is 1.15 bits per heavy atom. The van der Waals surface area contributed by atoms with E-state index in [1.807, 2.05) is 0 Å². The van der Waals surface area contributed by atoms with Crippen LogP contribution in [0.3, 0.4) is 0 Å². The van der Waals surface area contributed by atoms with Crippen LogP contribution in [-0.2, 0) is 16.1 Å². The lowest BCUT2D eigenvalue weighted by Gasteiger charge is -2.29. The van der Waals surface area contributed by atoms with Gasteiger partial charge in [-0.2, -0.15) is 0 Å². The molecule has 1 heterocycles. The predicted molar refractivity (Wildman–Crippen MR) is 107 cm³/mol. The fraction of sp³-hybridized carbons (Fsp3) is 0.381. The zero-order valence-corrected chi connectivity index (χ0v) is 16.5. The van der Waals surface area contributed by atoms with E-state index < -0.39 is 6.10 Å². The quantitative estimate of drug-likeness (QED) is 0.758. The van der Waals surface area contributed by atoms with E-state index in [1.54, 1.807) is 43.1 Å². The lowest BCUT2D eigenvalue weighted by molar-refractivity contribution is -0.137. The molecular formula is C21H25ClN2O3. The highest BCUT2D eigenvalue weighted by atomic mass is 35.5. The first-order valence-electron chi connectivity index (χ1n) is 9.12. The predicted octanol–water partition coefficient (Wildman–Crippen LogP) is 3.60. The minimum Gasteiger partial charge on any atom is -0.481 e. The fourth-order valence-electron chi connectivity index (χ4n) is 3.06. The maximum Gasteiger partial charge on any atom is 0.263 e. The minimum absolute atomic E-state index is 0.0674. The van der Waals surface area contributed by atoms with Crippen molar-refractivity contribution in [1.29, 1.82) is 0 Å². The number of likely N-dealkylation sites (N-methyl/N-ethyl adjacent to an activating group) is 1. The molecule has 1 aliphatic rings. The van der Waals surface area contributed by atoms with E-state index >= 15 is 0 Å². The number of halogens is 1. The molecule has 1 amide bonds. The van der Waals surface area contributed by atoms with E-state index in [2.05, 4.69) is 29.2 Å². The third-order valence-electron chi connectivity index (χ3n) is 4.58. The Balaban J connectivity index is 1.54. The van der Waals surface area contributed by atoms with E-state index in [1.165, 1.54) is 5.69 Å². The summed E-state index contributed by atoms with van der Waals surface area (Å²) in [5, 5.41) is 0.638. The second-order valence-corrected chi connectivity index (χ2v) is 7.11. The van der Waals surface area contributed by atoms with Gasteiger partial charge in [-0.05, 0) is 48.9 Å². The second kappa shape index (κ2) is 9.11. The Kier molecular flexibility index (Phi) is 6.58. The molecule has 27 heavy (non-hydrogen) atoms. The molecule has 1 aliphatic heterocycles. The molecule has 0 aliphatic carbocycles. The maximum absolute atomic E-state index is 12.6. The largest absolute Gasteiger partial charge is 0.481 e. The monoisotopic (exact) mass is 388 g/mol. The van der Waals surface area contributed by atoms with Gasteiger partial charge < -0.3 is 19.3 Å². The molecule has 1 fully saturated rings. The average Bonchev–Trinajstić information content (AvgIpc) is 2.70. The summed E-state index contributed by atoms with van der Waals surface area (Å²) in [6.45, 7) is 5.66. The van der Waals surface area contributed by atoms with Crippen molar-refractivity contribution in [2.24, 2.45) is 0 Å². The Hall–Kier alpha value is -2.24. The van der Waals surface area contributed by atoms with Gasteiger partial charge in [0.2, 0.25) is 0 Å². The number of carbonyl (C=O) groups excluding carboxylic acids is 1. The van der Waals surface area contributed by atoms with Gasteiger partial charge in [0, 0.05) is 37.4 Å². The Bertz CT molecular complexity index is 743. The van der Waals surface area contributed by atoms with E-state index in [0.29, 0.717) is 17.3 Å². The van der Waals surface area contributed by atoms with Gasteiger partial charge in [0.15, 0.2) is 6.10 Å². The van der Waals surface area contributed by atoms with Crippen LogP contribution in [0.25, 0.3) is 0 Å². The summed E-state index contributed by atoms with van der Waals surface area (Å²) in [7, 11) is 1.79. The molecule has 1 atom stereocenters. The number of benzene rings is 2. The molecule has 2 aromatic carbocycles. The summed E-state index contributed by atoms with van der Waals surface area (Å²) in [5.41, 5.74) is 2.28. The average molecular weight is 389 g/mol. The van der Waals surface area contributed by atoms with Crippen LogP contribution in [0.5, 0.6) is 5.75 Å². The summed E-state index contributed by atoms with van der Waals surface area (Å²) in [5.74, 6) is 0.561. The van der Waals surface area contributed by atoms with Crippen molar-refractivity contribution in [3.8, 4) is 5.75 Å². The van der Waals surface area contributed by atoms with E-state index in [9.17, 15) is 4.79 Å². The molecule has 6 heteroatoms. The number of ether oxygens (including phenoxy) is 2. The van der Waals surface area contributed by atoms with Crippen molar-refractivity contribution in [2.75, 3.05) is 38.3 Å². The first kappa shape index (κ1) is 19.5. The summed E-state index contributed by atoms with van der Waals surface area (Å²) < 4.78 is 11.1. The highest BCUT2D eigenvalue weighted by Crippen LogP contribution is 2.19. The second-order valence-electron chi connectivity index (χ2n) is 6.67. The summed E-state index contributed by atoms with van der Waals surface area (Å²) in [6, 6.07) is 15.4. The molecule has 0 aromatic heterocycles. The molecule has 144 valence electrons. The first-order chi connectivity index (χ1) is 13.0. The molecule has 0 spiro atoms. The van der Waals surface area contributed by atoms with Crippen molar-refractivity contribution in [2.45, 2.75) is 19.6 Å². The van der Waals surface area contributed by atoms with Crippen molar-refractivity contribution in [3.05, 3.63) is 59.1 Å². The first-order valence-corrected chi connectivity index (χ1v) is 9.49. The zero-order chi connectivity index (χ0) is 19.2. The Morgan fingerprint density at radius 3 is 2.41 bits per heavy atom. The van der Waals surface area contributed by atoms with Crippen molar-refractivity contribution in [3.63, 3.8) is 0 Å². The highest BCUT2D eigenvalue weighted by molar-refractivity contribution is 6.30. The molecule has 0 bridgehead atoms. The maximum atomic E-state index is 12.6. The van der Waals surface area contributed by atoms with Crippen molar-refractivity contribution in [1.82, 2.24) is 4.90 Å². The van der Waals surface area contributed by atoms with Crippen LogP contribution < -0.4 is 9.64 Å². The lowest BCUT2D eigenvalue weighted by atomic mass is 10.1. The van der Waals surface area contributed by atoms with Gasteiger partial charge in [-0.3, -0.25) is 4.79 Å². The van der Waals surface area contributed by atoms with Crippen LogP contribution >= 0.6 is 11.6 Å². The SMILES string of the molecule is C[C@@H](Oc1ccc(Cl)cc1)C(=O)N(C)Cc1ccc(N2CCOCC2)cc1. The van der Waals surface area contributed by atoms with Gasteiger partial charge >= 0.3 is 0 Å². The smallest absolute Gasteiger partial charge is 0.263 e. The molecule has 2 aromatic rings. The van der Waals surface area contributed by atoms with E-state index in [-0.39, 0.29) is 5.91 Å². The lowest BCUT2D eigenvalue weighted by Crippen LogP contribution is -2.37. The normalized spacial score (nSPS) is 15.3. The third kappa shape index (κ3) is 5.37. The van der Waals surface area contributed by atoms with Crippen molar-refractivity contribution >= 4 is 23.2 Å². The minimum atomic E-state index is -0.566. The molecule has 0 unspecified atom stereocenters. The highest BCUT2D eigenvalue weighted by Gasteiger charge is 2.19. The van der Waals surface area contributed by atoms with Crippen LogP contribution in [0.2, 0.25) is 5.02 Å². The van der Waals surface area contributed by atoms with Crippen LogP contribution in [0.4, 0.5) is 5.69 Å². The molecule has 0 radical (unpaired) electrons. The van der Waals surface area contributed by atoms with Crippen LogP contribution in [-0.4, -0.2) is 50.3 Å². The summed E-state index contributed by atoms with van der Waals surface area (Å²) in [4.78, 5) is 16.6. The van der Waals surface area contributed by atoms with Crippen LogP contribution in [0, 0.1) is 0 Å². The molecule has 5 nitrogen and oxygen atoms in total. The van der Waals surface area contributed by atoms with Gasteiger partial charge in [0.1, 0.15) is 5.75 Å². The molecule has 0 saturated carbocycles. The van der Waals surface area contributed by atoms with Crippen molar-refractivity contribution < 1.29 is 14.3 Å². The molecule has 0 N–H and O–H groups in total. The van der Waals surface area contributed by atoms with Gasteiger partial charge in [-0.1, -0.05) is 23.7 Å².